The quantitative estimate of drug-likeness (QED) is 0.514. The second-order valence-electron chi connectivity index (χ2n) is 3.23. The zero-order chi connectivity index (χ0) is 6.10. The molecule has 1 nitrogen and oxygen atoms in total. The molecule has 1 atom stereocenters. The van der Waals surface area contributed by atoms with E-state index in [0.29, 0.717) is 0 Å². The number of rotatable bonds is 0. The average molecular weight is 124 g/mol. The zero-order valence-corrected chi connectivity index (χ0v) is 5.82. The lowest BCUT2D eigenvalue weighted by Gasteiger charge is -2.22. The molecule has 2 rings (SSSR count). The third-order valence-corrected chi connectivity index (χ3v) is 2.62. The van der Waals surface area contributed by atoms with Crippen molar-refractivity contribution in [2.75, 3.05) is 13.1 Å². The van der Waals surface area contributed by atoms with Gasteiger partial charge in [0.05, 0.1) is 0 Å². The summed E-state index contributed by atoms with van der Waals surface area (Å²) < 4.78 is 0. The Morgan fingerprint density at radius 1 is 1.33 bits per heavy atom. The van der Waals surface area contributed by atoms with Gasteiger partial charge in [-0.15, -0.1) is 0 Å². The van der Waals surface area contributed by atoms with Crippen molar-refractivity contribution >= 4 is 0 Å². The summed E-state index contributed by atoms with van der Waals surface area (Å²) in [6.45, 7) is 2.50. The fourth-order valence-corrected chi connectivity index (χ4v) is 2.04. The first-order valence-electron chi connectivity index (χ1n) is 4.02. The van der Waals surface area contributed by atoms with Crippen LogP contribution < -0.4 is 5.32 Å². The standard InChI is InChI=1S/C8H14N/c1-2-4-8-6-9-5-7(8)3-1/h7,9H,1-6H2. The molecular weight excluding hydrogens is 110 g/mol. The van der Waals surface area contributed by atoms with Crippen LogP contribution in [0.4, 0.5) is 0 Å². The molecule has 0 aromatic rings. The lowest BCUT2D eigenvalue weighted by molar-refractivity contribution is 0.438. The maximum atomic E-state index is 3.43. The van der Waals surface area contributed by atoms with E-state index in [0.717, 1.165) is 5.92 Å². The van der Waals surface area contributed by atoms with Crippen molar-refractivity contribution in [3.05, 3.63) is 5.92 Å². The molecular formula is C8H14N. The number of fused-ring (bicyclic) bond motifs is 1. The van der Waals surface area contributed by atoms with Crippen LogP contribution >= 0.6 is 0 Å². The normalized spacial score (nSPS) is 36.7. The van der Waals surface area contributed by atoms with Gasteiger partial charge in [-0.3, -0.25) is 0 Å². The number of nitrogens with one attached hydrogen (secondary N) is 1. The summed E-state index contributed by atoms with van der Waals surface area (Å²) in [6.07, 6.45) is 5.80. The highest BCUT2D eigenvalue weighted by atomic mass is 14.9. The van der Waals surface area contributed by atoms with Crippen LogP contribution in [0, 0.1) is 11.8 Å². The summed E-state index contributed by atoms with van der Waals surface area (Å²) >= 11 is 0. The molecule has 0 aromatic heterocycles. The molecule has 1 heteroatoms. The molecule has 0 spiro atoms. The third-order valence-electron chi connectivity index (χ3n) is 2.62. The maximum Gasteiger partial charge on any atom is 0.00170 e. The van der Waals surface area contributed by atoms with E-state index >= 15 is 0 Å². The maximum absolute atomic E-state index is 3.43. The smallest absolute Gasteiger partial charge is 0.00170 e. The van der Waals surface area contributed by atoms with Crippen LogP contribution in [0.3, 0.4) is 0 Å². The van der Waals surface area contributed by atoms with Gasteiger partial charge in [-0.25, -0.2) is 0 Å². The van der Waals surface area contributed by atoms with Gasteiger partial charge in [-0.1, -0.05) is 12.8 Å². The lowest BCUT2D eigenvalue weighted by atomic mass is 9.82. The highest BCUT2D eigenvalue weighted by Crippen LogP contribution is 2.33. The van der Waals surface area contributed by atoms with Crippen molar-refractivity contribution in [3.63, 3.8) is 0 Å². The van der Waals surface area contributed by atoms with E-state index in [-0.39, 0.29) is 0 Å². The summed E-state index contributed by atoms with van der Waals surface area (Å²) in [5, 5.41) is 3.43. The van der Waals surface area contributed by atoms with Crippen molar-refractivity contribution in [2.45, 2.75) is 25.7 Å². The van der Waals surface area contributed by atoms with E-state index < -0.39 is 0 Å². The van der Waals surface area contributed by atoms with Crippen molar-refractivity contribution in [3.8, 4) is 0 Å². The van der Waals surface area contributed by atoms with Crippen LogP contribution in [0.15, 0.2) is 0 Å². The Morgan fingerprint density at radius 2 is 2.33 bits per heavy atom. The van der Waals surface area contributed by atoms with Crippen LogP contribution in [0.2, 0.25) is 0 Å². The van der Waals surface area contributed by atoms with Gasteiger partial charge in [0, 0.05) is 6.54 Å². The second kappa shape index (κ2) is 2.30. The fourth-order valence-electron chi connectivity index (χ4n) is 2.04. The third kappa shape index (κ3) is 0.983. The second-order valence-corrected chi connectivity index (χ2v) is 3.23. The molecule has 2 fully saturated rings. The van der Waals surface area contributed by atoms with Crippen LogP contribution in [0.25, 0.3) is 0 Å². The number of hydrogen-bond acceptors (Lipinski definition) is 1. The van der Waals surface area contributed by atoms with E-state index in [2.05, 4.69) is 5.32 Å². The molecule has 1 saturated heterocycles. The predicted octanol–water partition coefficient (Wildman–Crippen LogP) is 1.35. The molecule has 2 aliphatic rings. The molecule has 0 aromatic carbocycles. The van der Waals surface area contributed by atoms with E-state index in [4.69, 9.17) is 0 Å². The minimum Gasteiger partial charge on any atom is -0.316 e. The highest BCUT2D eigenvalue weighted by molar-refractivity contribution is 5.06. The van der Waals surface area contributed by atoms with Gasteiger partial charge < -0.3 is 5.32 Å². The Balaban J connectivity index is 1.97. The van der Waals surface area contributed by atoms with Gasteiger partial charge in [-0.2, -0.15) is 0 Å². The van der Waals surface area contributed by atoms with Crippen LogP contribution in [-0.2, 0) is 0 Å². The van der Waals surface area contributed by atoms with Crippen molar-refractivity contribution < 1.29 is 0 Å². The van der Waals surface area contributed by atoms with Gasteiger partial charge in [0.25, 0.3) is 0 Å². The predicted molar refractivity (Wildman–Crippen MR) is 38.1 cm³/mol. The van der Waals surface area contributed by atoms with Crippen molar-refractivity contribution in [2.24, 2.45) is 5.92 Å². The summed E-state index contributed by atoms with van der Waals surface area (Å²) in [5.41, 5.74) is 0. The van der Waals surface area contributed by atoms with E-state index in [1.807, 2.05) is 0 Å². The largest absolute Gasteiger partial charge is 0.316 e. The Bertz CT molecular complexity index is 88.7. The molecule has 1 saturated carbocycles. The summed E-state index contributed by atoms with van der Waals surface area (Å²) in [7, 11) is 0. The van der Waals surface area contributed by atoms with Gasteiger partial charge >= 0.3 is 0 Å². The Hall–Kier alpha value is -0.0400. The van der Waals surface area contributed by atoms with Crippen LogP contribution in [-0.4, -0.2) is 13.1 Å². The molecule has 0 amide bonds. The molecule has 1 N–H and O–H groups in total. The van der Waals surface area contributed by atoms with Crippen LogP contribution in [0.5, 0.6) is 0 Å². The molecule has 0 bridgehead atoms. The van der Waals surface area contributed by atoms with E-state index in [9.17, 15) is 0 Å². The van der Waals surface area contributed by atoms with Crippen molar-refractivity contribution in [1.29, 1.82) is 0 Å². The first-order valence-corrected chi connectivity index (χ1v) is 4.02. The minimum absolute atomic E-state index is 0.971. The zero-order valence-electron chi connectivity index (χ0n) is 5.82. The molecule has 1 radical (unpaired) electrons. The topological polar surface area (TPSA) is 12.0 Å². The van der Waals surface area contributed by atoms with Crippen LogP contribution in [0.1, 0.15) is 25.7 Å². The molecule has 1 heterocycles. The molecule has 9 heavy (non-hydrogen) atoms. The highest BCUT2D eigenvalue weighted by Gasteiger charge is 2.29. The molecule has 1 aliphatic heterocycles. The lowest BCUT2D eigenvalue weighted by Crippen LogP contribution is -2.14. The Kier molecular flexibility index (Phi) is 1.46. The van der Waals surface area contributed by atoms with E-state index in [1.54, 1.807) is 5.92 Å². The first-order chi connectivity index (χ1) is 4.47. The van der Waals surface area contributed by atoms with Gasteiger partial charge in [0.2, 0.25) is 0 Å². The fraction of sp³-hybridized carbons (Fsp3) is 0.875. The molecule has 1 aliphatic carbocycles. The van der Waals surface area contributed by atoms with Gasteiger partial charge in [0.1, 0.15) is 0 Å². The average Bonchev–Trinajstić information content (AvgIpc) is 2.33. The molecule has 51 valence electrons. The molecule has 1 unspecified atom stereocenters. The van der Waals surface area contributed by atoms with Gasteiger partial charge in [-0.05, 0) is 31.2 Å². The van der Waals surface area contributed by atoms with E-state index in [1.165, 1.54) is 38.8 Å². The number of hydrogen-bond donors (Lipinski definition) is 1. The Morgan fingerprint density at radius 3 is 3.22 bits per heavy atom. The summed E-state index contributed by atoms with van der Waals surface area (Å²) in [5.74, 6) is 2.78. The minimum atomic E-state index is 0.971. The first kappa shape index (κ1) is 5.72. The van der Waals surface area contributed by atoms with Crippen molar-refractivity contribution in [1.82, 2.24) is 5.32 Å². The monoisotopic (exact) mass is 124 g/mol. The SMILES string of the molecule is C1CCC2CNC[C]2C1. The van der Waals surface area contributed by atoms with Gasteiger partial charge in [0.15, 0.2) is 0 Å². The summed E-state index contributed by atoms with van der Waals surface area (Å²) in [6, 6.07) is 0. The summed E-state index contributed by atoms with van der Waals surface area (Å²) in [4.78, 5) is 0. The Labute approximate surface area is 56.8 Å².